The predicted molar refractivity (Wildman–Crippen MR) is 156 cm³/mol. The molecule has 3 saturated heterocycles. The fourth-order valence-corrected chi connectivity index (χ4v) is 12.6. The molecule has 8 fully saturated rings. The van der Waals surface area contributed by atoms with Crippen molar-refractivity contribution in [3.63, 3.8) is 0 Å². The number of hydrogen-bond acceptors (Lipinski definition) is 11. The normalized spacial score (nSPS) is 63.6. The van der Waals surface area contributed by atoms with E-state index in [1.807, 2.05) is 20.8 Å². The maximum absolute atomic E-state index is 13.5. The van der Waals surface area contributed by atoms with Crippen molar-refractivity contribution in [1.29, 1.82) is 0 Å². The Morgan fingerprint density at radius 2 is 1.67 bits per heavy atom. The number of hydrogen-bond donors (Lipinski definition) is 6. The van der Waals surface area contributed by atoms with Gasteiger partial charge in [-0.25, -0.2) is 0 Å². The Kier molecular flexibility index (Phi) is 6.65. The number of carbonyl (C=O) groups is 1. The third-order valence-electron chi connectivity index (χ3n) is 15.8. The molecular weight excluding hydrogens is 584 g/mol. The van der Waals surface area contributed by atoms with Crippen LogP contribution < -0.4 is 0 Å². The van der Waals surface area contributed by atoms with E-state index in [9.17, 15) is 35.4 Å². The number of epoxide rings is 1. The van der Waals surface area contributed by atoms with E-state index in [0.29, 0.717) is 37.4 Å². The highest BCUT2D eigenvalue weighted by atomic mass is 16.8. The van der Waals surface area contributed by atoms with Gasteiger partial charge in [0.05, 0.1) is 24.4 Å². The monoisotopic (exact) mass is 636 g/mol. The van der Waals surface area contributed by atoms with Gasteiger partial charge in [-0.1, -0.05) is 20.8 Å². The van der Waals surface area contributed by atoms with Crippen molar-refractivity contribution < 1.29 is 54.4 Å². The zero-order valence-corrected chi connectivity index (χ0v) is 27.1. The lowest BCUT2D eigenvalue weighted by Gasteiger charge is -2.61. The molecule has 1 spiro atoms. The van der Waals surface area contributed by atoms with E-state index in [4.69, 9.17) is 18.9 Å². The molecular formula is C34H52O11. The molecule has 3 heterocycles. The fraction of sp³-hybridized carbons (Fsp3) is 0.971. The van der Waals surface area contributed by atoms with E-state index in [2.05, 4.69) is 13.8 Å². The summed E-state index contributed by atoms with van der Waals surface area (Å²) in [6.45, 7) is 9.66. The molecule has 0 aromatic carbocycles. The zero-order valence-electron chi connectivity index (χ0n) is 27.1. The van der Waals surface area contributed by atoms with E-state index in [-0.39, 0.29) is 29.1 Å². The van der Waals surface area contributed by atoms with Crippen molar-refractivity contribution in [1.82, 2.24) is 0 Å². The standard InChI is InChI=1S/C34H52O11/c1-15(20-13-30(3)32(5,45-30)28(43-20)44-27-26(40)25(39)24(38)21(14-35)42-27)34(41)9-7-18-17-11-23(37)33-12-16(33)10-22(36)31(33,4)19(17)6-8-29(18,34)2/h15-21,23-28,35,37-41H,6-14H2,1-5H3/t15-,16-,17-,18+,19+,20-,21-,23-,24-,25+,26-,27+,28+,29+,30+,31+,32-,33+,34+/m1/s1. The first kappa shape index (κ1) is 31.5. The van der Waals surface area contributed by atoms with Crippen molar-refractivity contribution in [2.75, 3.05) is 6.61 Å². The molecule has 19 atom stereocenters. The van der Waals surface area contributed by atoms with Crippen LogP contribution in [0.15, 0.2) is 0 Å². The molecule has 0 aromatic rings. The highest BCUT2D eigenvalue weighted by Gasteiger charge is 2.81. The first-order valence-electron chi connectivity index (χ1n) is 17.3. The molecule has 11 heteroatoms. The minimum atomic E-state index is -1.58. The lowest BCUT2D eigenvalue weighted by molar-refractivity contribution is -0.356. The summed E-state index contributed by atoms with van der Waals surface area (Å²) in [4.78, 5) is 13.5. The Bertz CT molecular complexity index is 1260. The van der Waals surface area contributed by atoms with Crippen LogP contribution >= 0.6 is 0 Å². The molecule has 45 heavy (non-hydrogen) atoms. The van der Waals surface area contributed by atoms with E-state index in [1.54, 1.807) is 0 Å². The molecule has 6 N–H and O–H groups in total. The number of aliphatic hydroxyl groups is 6. The molecule has 0 bridgehead atoms. The van der Waals surface area contributed by atoms with Crippen LogP contribution in [0.4, 0.5) is 0 Å². The fourth-order valence-electron chi connectivity index (χ4n) is 12.6. The van der Waals surface area contributed by atoms with E-state index in [0.717, 1.165) is 25.7 Å². The van der Waals surface area contributed by atoms with Crippen molar-refractivity contribution in [3.8, 4) is 0 Å². The van der Waals surface area contributed by atoms with Gasteiger partial charge in [0.1, 0.15) is 41.4 Å². The van der Waals surface area contributed by atoms with E-state index < -0.39 is 83.4 Å². The molecule has 254 valence electrons. The largest absolute Gasteiger partial charge is 0.394 e. The number of carbonyl (C=O) groups excluding carboxylic acids is 1. The maximum atomic E-state index is 13.5. The van der Waals surface area contributed by atoms with Crippen LogP contribution in [0.1, 0.15) is 86.0 Å². The lowest BCUT2D eigenvalue weighted by Crippen LogP contribution is -2.63. The van der Waals surface area contributed by atoms with Gasteiger partial charge in [0.15, 0.2) is 12.6 Å². The topological polar surface area (TPSA) is 179 Å². The average Bonchev–Trinajstić information content (AvgIpc) is 3.80. The smallest absolute Gasteiger partial charge is 0.192 e. The second-order valence-electron chi connectivity index (χ2n) is 17.1. The number of ether oxygens (including phenoxy) is 4. The summed E-state index contributed by atoms with van der Waals surface area (Å²) in [7, 11) is 0. The van der Waals surface area contributed by atoms with Gasteiger partial charge >= 0.3 is 0 Å². The Hall–Kier alpha value is -0.730. The lowest BCUT2D eigenvalue weighted by atomic mass is 9.44. The average molecular weight is 637 g/mol. The molecule has 0 amide bonds. The summed E-state index contributed by atoms with van der Waals surface area (Å²) in [6.07, 6.45) is -3.17. The first-order chi connectivity index (χ1) is 21.0. The van der Waals surface area contributed by atoms with Gasteiger partial charge in [-0.2, -0.15) is 0 Å². The minimum absolute atomic E-state index is 0.181. The van der Waals surface area contributed by atoms with Crippen LogP contribution in [-0.2, 0) is 23.7 Å². The summed E-state index contributed by atoms with van der Waals surface area (Å²) in [5, 5.41) is 65.2. The number of Topliss-reactive ketones (excluding diaryl/α,β-unsaturated/α-hetero) is 1. The minimum Gasteiger partial charge on any atom is -0.394 e. The third-order valence-corrected chi connectivity index (χ3v) is 15.8. The molecule has 8 aliphatic rings. The van der Waals surface area contributed by atoms with Gasteiger partial charge < -0.3 is 49.6 Å². The maximum Gasteiger partial charge on any atom is 0.192 e. The molecule has 11 nitrogen and oxygen atoms in total. The second-order valence-corrected chi connectivity index (χ2v) is 17.1. The summed E-state index contributed by atoms with van der Waals surface area (Å²) >= 11 is 0. The van der Waals surface area contributed by atoms with Gasteiger partial charge in [0, 0.05) is 29.6 Å². The van der Waals surface area contributed by atoms with Crippen LogP contribution in [0.5, 0.6) is 0 Å². The van der Waals surface area contributed by atoms with Crippen LogP contribution in [0, 0.1) is 45.8 Å². The van der Waals surface area contributed by atoms with Crippen LogP contribution in [0.25, 0.3) is 0 Å². The molecule has 0 aromatic heterocycles. The van der Waals surface area contributed by atoms with Crippen LogP contribution in [-0.4, -0.2) is 109 Å². The van der Waals surface area contributed by atoms with Crippen molar-refractivity contribution in [2.45, 2.75) is 152 Å². The van der Waals surface area contributed by atoms with Gasteiger partial charge in [-0.15, -0.1) is 0 Å². The number of fused-ring (bicyclic) bond motifs is 5. The number of aliphatic hydroxyl groups excluding tert-OH is 5. The highest BCUT2D eigenvalue weighted by molar-refractivity contribution is 5.91. The Balaban J connectivity index is 1.04. The SMILES string of the molecule is C[C@H]([C@H]1C[C@]2(C)O[C@]2(C)[C@H](O[C@@H]2O[C@H](CO)[C@@H](O)[C@H](O)[C@H]2O)O1)[C@@]1(O)CC[C@H]2[C@H]3C[C@@H](O)[C@]45C[C@H]4CC(=O)[C@]5(C)[C@H]3CC[C@@]21C. The third kappa shape index (κ3) is 3.64. The molecule has 0 radical (unpaired) electrons. The zero-order chi connectivity index (χ0) is 32.3. The van der Waals surface area contributed by atoms with Gasteiger partial charge in [0.2, 0.25) is 0 Å². The van der Waals surface area contributed by atoms with Gasteiger partial charge in [0.25, 0.3) is 0 Å². The summed E-state index contributed by atoms with van der Waals surface area (Å²) < 4.78 is 24.6. The second kappa shape index (κ2) is 9.49. The predicted octanol–water partition coefficient (Wildman–Crippen LogP) is 1.03. The summed E-state index contributed by atoms with van der Waals surface area (Å²) in [5.74, 6) is 0.949. The first-order valence-corrected chi connectivity index (χ1v) is 17.3. The van der Waals surface area contributed by atoms with Crippen molar-refractivity contribution in [3.05, 3.63) is 0 Å². The quantitative estimate of drug-likeness (QED) is 0.238. The Morgan fingerprint density at radius 3 is 2.38 bits per heavy atom. The number of rotatable bonds is 5. The number of ketones is 1. The molecule has 5 saturated carbocycles. The van der Waals surface area contributed by atoms with Crippen molar-refractivity contribution >= 4 is 5.78 Å². The Labute approximate surface area is 264 Å². The van der Waals surface area contributed by atoms with Gasteiger partial charge in [-0.3, -0.25) is 4.79 Å². The highest BCUT2D eigenvalue weighted by Crippen LogP contribution is 2.81. The van der Waals surface area contributed by atoms with Gasteiger partial charge in [-0.05, 0) is 81.5 Å². The Morgan fingerprint density at radius 1 is 0.956 bits per heavy atom. The van der Waals surface area contributed by atoms with E-state index >= 15 is 0 Å². The summed E-state index contributed by atoms with van der Waals surface area (Å²) in [5.41, 5.74) is -3.68. The van der Waals surface area contributed by atoms with E-state index in [1.165, 1.54) is 0 Å². The van der Waals surface area contributed by atoms with Crippen LogP contribution in [0.2, 0.25) is 0 Å². The molecule has 0 unspecified atom stereocenters. The van der Waals surface area contributed by atoms with Crippen molar-refractivity contribution in [2.24, 2.45) is 45.8 Å². The van der Waals surface area contributed by atoms with Crippen LogP contribution in [0.3, 0.4) is 0 Å². The molecule has 5 aliphatic carbocycles. The summed E-state index contributed by atoms with van der Waals surface area (Å²) in [6, 6.07) is 0. The molecule has 8 rings (SSSR count). The molecule has 3 aliphatic heterocycles.